The van der Waals surface area contributed by atoms with Crippen LogP contribution in [0.1, 0.15) is 36.0 Å². The van der Waals surface area contributed by atoms with Crippen LogP contribution in [0.5, 0.6) is 5.75 Å². The van der Waals surface area contributed by atoms with Gasteiger partial charge in [0, 0.05) is 30.6 Å². The average Bonchev–Trinajstić information content (AvgIpc) is 3.68. The maximum atomic E-state index is 13.3. The van der Waals surface area contributed by atoms with Gasteiger partial charge < -0.3 is 10.4 Å². The van der Waals surface area contributed by atoms with E-state index in [4.69, 9.17) is 23.2 Å². The minimum absolute atomic E-state index is 0.0305. The molecule has 1 unspecified atom stereocenters. The number of hydrogen-bond acceptors (Lipinski definition) is 5. The second kappa shape index (κ2) is 10.9. The molecule has 2 heterocycles. The first-order valence-electron chi connectivity index (χ1n) is 12.7. The Hall–Kier alpha value is -3.19. The monoisotopic (exact) mass is 548 g/mol. The first kappa shape index (κ1) is 26.4. The molecule has 3 aromatic rings. The number of carbonyl (C=O) groups excluding carboxylic acids is 1. The van der Waals surface area contributed by atoms with E-state index in [9.17, 15) is 9.90 Å². The van der Waals surface area contributed by atoms with Crippen molar-refractivity contribution in [2.75, 3.05) is 26.0 Å². The maximum absolute atomic E-state index is 13.3. The van der Waals surface area contributed by atoms with Crippen molar-refractivity contribution in [3.8, 4) is 16.9 Å². The molecule has 2 N–H and O–H groups in total. The van der Waals surface area contributed by atoms with Crippen molar-refractivity contribution < 1.29 is 9.90 Å². The number of nitrogens with one attached hydrogen (secondary N) is 1. The molecule has 0 spiro atoms. The van der Waals surface area contributed by atoms with Crippen LogP contribution < -0.4 is 5.32 Å². The quantitative estimate of drug-likeness (QED) is 0.142. The van der Waals surface area contributed by atoms with Gasteiger partial charge in [0.25, 0.3) is 0 Å². The van der Waals surface area contributed by atoms with Crippen molar-refractivity contribution in [1.82, 2.24) is 9.88 Å². The van der Waals surface area contributed by atoms with E-state index in [1.165, 1.54) is 0 Å². The highest BCUT2D eigenvalue weighted by molar-refractivity contribution is 6.37. The van der Waals surface area contributed by atoms with E-state index in [2.05, 4.69) is 33.8 Å². The van der Waals surface area contributed by atoms with Crippen LogP contribution in [-0.4, -0.2) is 53.3 Å². The lowest BCUT2D eigenvalue weighted by Gasteiger charge is -2.20. The lowest BCUT2D eigenvalue weighted by Crippen LogP contribution is -2.25. The highest BCUT2D eigenvalue weighted by Gasteiger charge is 2.32. The molecule has 2 aliphatic rings. The summed E-state index contributed by atoms with van der Waals surface area (Å²) in [6.07, 6.45) is 9.61. The van der Waals surface area contributed by atoms with Crippen LogP contribution in [0.3, 0.4) is 0 Å². The van der Waals surface area contributed by atoms with Gasteiger partial charge in [0.05, 0.1) is 26.8 Å². The van der Waals surface area contributed by atoms with E-state index >= 15 is 0 Å². The lowest BCUT2D eigenvalue weighted by atomic mass is 9.99. The zero-order valence-corrected chi connectivity index (χ0v) is 23.0. The number of pyridine rings is 1. The number of rotatable bonds is 7. The summed E-state index contributed by atoms with van der Waals surface area (Å²) >= 11 is 12.4. The lowest BCUT2D eigenvalue weighted by molar-refractivity contribution is 0.0968. The molecule has 2 aromatic carbocycles. The van der Waals surface area contributed by atoms with E-state index in [0.717, 1.165) is 59.8 Å². The number of amidine groups is 1. The number of aliphatic imine (C=N–C) groups is 1. The van der Waals surface area contributed by atoms with E-state index in [0.29, 0.717) is 23.1 Å². The number of hydrogen-bond donors (Lipinski definition) is 2. The summed E-state index contributed by atoms with van der Waals surface area (Å²) in [5.74, 6) is 0.577. The number of likely N-dealkylation sites (N-methyl/N-ethyl adjacent to an activating group) is 1. The Morgan fingerprint density at radius 1 is 1.16 bits per heavy atom. The maximum Gasteiger partial charge on any atom is 0.169 e. The van der Waals surface area contributed by atoms with Crippen LogP contribution in [0.15, 0.2) is 65.8 Å². The van der Waals surface area contributed by atoms with Gasteiger partial charge in [-0.05, 0) is 86.3 Å². The number of phenolic OH excluding ortho intramolecular Hbond substituents is 1. The molecule has 5 rings (SSSR count). The first-order valence-corrected chi connectivity index (χ1v) is 13.5. The van der Waals surface area contributed by atoms with Crippen molar-refractivity contribution in [2.24, 2.45) is 10.9 Å². The Labute approximate surface area is 232 Å². The van der Waals surface area contributed by atoms with Crippen molar-refractivity contribution >= 4 is 51.4 Å². The molecule has 1 aromatic heterocycles. The number of anilines is 1. The Kier molecular flexibility index (Phi) is 7.57. The summed E-state index contributed by atoms with van der Waals surface area (Å²) in [6.45, 7) is 5.35. The molecule has 6 nitrogen and oxygen atoms in total. The number of fused-ring (bicyclic) bond motifs is 1. The third-order valence-electron chi connectivity index (χ3n) is 7.33. The fourth-order valence-electron chi connectivity index (χ4n) is 4.97. The number of halogens is 2. The first-order chi connectivity index (χ1) is 18.3. The van der Waals surface area contributed by atoms with Crippen LogP contribution in [0, 0.1) is 5.92 Å². The third-order valence-corrected chi connectivity index (χ3v) is 7.91. The summed E-state index contributed by atoms with van der Waals surface area (Å²) in [5, 5.41) is 14.5. The zero-order valence-electron chi connectivity index (χ0n) is 21.5. The Morgan fingerprint density at radius 2 is 1.89 bits per heavy atom. The predicted octanol–water partition coefficient (Wildman–Crippen LogP) is 7.15. The molecular formula is C30H30Cl2N4O2. The Morgan fingerprint density at radius 3 is 2.53 bits per heavy atom. The van der Waals surface area contributed by atoms with Crippen LogP contribution in [0.4, 0.5) is 5.69 Å². The van der Waals surface area contributed by atoms with Gasteiger partial charge >= 0.3 is 0 Å². The number of likely N-dealkylation sites (tertiary alicyclic amines) is 1. The van der Waals surface area contributed by atoms with Gasteiger partial charge in [0.2, 0.25) is 0 Å². The summed E-state index contributed by atoms with van der Waals surface area (Å²) in [6, 6.07) is 9.42. The molecule has 1 saturated carbocycles. The van der Waals surface area contributed by atoms with Crippen LogP contribution >= 0.6 is 23.2 Å². The van der Waals surface area contributed by atoms with E-state index in [1.807, 2.05) is 30.4 Å². The highest BCUT2D eigenvalue weighted by Crippen LogP contribution is 2.40. The normalized spacial score (nSPS) is 18.4. The van der Waals surface area contributed by atoms with Crippen LogP contribution in [0.25, 0.3) is 22.0 Å². The molecule has 1 aliphatic carbocycles. The Balaban J connectivity index is 1.56. The fourth-order valence-corrected chi connectivity index (χ4v) is 5.45. The molecule has 0 amide bonds. The SMILES string of the molecule is C=C(C=CC(=NC)Nc1c(C(=O)C2CC2)cnc2ccc(-c3cc(Cl)c(O)c(Cl)c3)cc12)C1CCCN1C. The smallest absolute Gasteiger partial charge is 0.169 e. The van der Waals surface area contributed by atoms with E-state index in [-0.39, 0.29) is 27.5 Å². The number of aromatic nitrogens is 1. The molecule has 2 fully saturated rings. The second-order valence-electron chi connectivity index (χ2n) is 9.99. The van der Waals surface area contributed by atoms with Crippen molar-refractivity contribution in [3.05, 3.63) is 76.4 Å². The molecule has 0 bridgehead atoms. The van der Waals surface area contributed by atoms with Crippen LogP contribution in [0.2, 0.25) is 10.0 Å². The predicted molar refractivity (Wildman–Crippen MR) is 157 cm³/mol. The van der Waals surface area contributed by atoms with Crippen molar-refractivity contribution in [2.45, 2.75) is 31.7 Å². The van der Waals surface area contributed by atoms with Crippen molar-refractivity contribution in [1.29, 1.82) is 0 Å². The van der Waals surface area contributed by atoms with Gasteiger partial charge in [0.15, 0.2) is 11.5 Å². The highest BCUT2D eigenvalue weighted by atomic mass is 35.5. The number of Topliss-reactive ketones (excluding diaryl/α,β-unsaturated/α-hetero) is 1. The van der Waals surface area contributed by atoms with Crippen molar-refractivity contribution in [3.63, 3.8) is 0 Å². The van der Waals surface area contributed by atoms with Gasteiger partial charge in [-0.2, -0.15) is 0 Å². The van der Waals surface area contributed by atoms with E-state index in [1.54, 1.807) is 25.4 Å². The number of nitrogens with zero attached hydrogens (tertiary/aromatic N) is 3. The van der Waals surface area contributed by atoms with Gasteiger partial charge in [0.1, 0.15) is 5.84 Å². The largest absolute Gasteiger partial charge is 0.505 e. The van der Waals surface area contributed by atoms with Gasteiger partial charge in [-0.1, -0.05) is 41.9 Å². The molecule has 38 heavy (non-hydrogen) atoms. The molecule has 1 atom stereocenters. The fraction of sp³-hybridized carbons (Fsp3) is 0.300. The standard InChI is InChI=1S/C30H30Cl2N4O2/c1-17(26-5-4-12-36(26)3)6-11-27(33-2)35-28-21-13-19(20-14-23(31)30(38)24(32)15-20)9-10-25(21)34-16-22(28)29(37)18-7-8-18/h6,9-11,13-16,18,26,38H,1,4-5,7-8,12H2,2-3H3,(H,33,34,35). The minimum atomic E-state index is -0.153. The number of aromatic hydroxyl groups is 1. The number of carbonyl (C=O) groups is 1. The third kappa shape index (κ3) is 5.35. The second-order valence-corrected chi connectivity index (χ2v) is 10.8. The molecule has 8 heteroatoms. The molecule has 196 valence electrons. The summed E-state index contributed by atoms with van der Waals surface area (Å²) < 4.78 is 0. The summed E-state index contributed by atoms with van der Waals surface area (Å²) in [5.41, 5.74) is 4.54. The molecule has 1 saturated heterocycles. The molecule has 0 radical (unpaired) electrons. The Bertz CT molecular complexity index is 1470. The molecular weight excluding hydrogens is 519 g/mol. The van der Waals surface area contributed by atoms with Gasteiger partial charge in [-0.15, -0.1) is 0 Å². The topological polar surface area (TPSA) is 77.8 Å². The average molecular weight is 550 g/mol. The number of ketones is 1. The van der Waals surface area contributed by atoms with Gasteiger partial charge in [-0.25, -0.2) is 0 Å². The number of benzene rings is 2. The molecule has 1 aliphatic heterocycles. The van der Waals surface area contributed by atoms with E-state index < -0.39 is 0 Å². The minimum Gasteiger partial charge on any atom is -0.505 e. The van der Waals surface area contributed by atoms with Gasteiger partial charge in [-0.3, -0.25) is 19.7 Å². The zero-order chi connectivity index (χ0) is 27.0. The van der Waals surface area contributed by atoms with Crippen LogP contribution in [-0.2, 0) is 0 Å². The summed E-state index contributed by atoms with van der Waals surface area (Å²) in [4.78, 5) is 24.6. The number of phenols is 1. The summed E-state index contributed by atoms with van der Waals surface area (Å²) in [7, 11) is 3.84.